The van der Waals surface area contributed by atoms with Gasteiger partial charge in [-0.05, 0) is 24.3 Å². The number of halogens is 3. The summed E-state index contributed by atoms with van der Waals surface area (Å²) in [6.45, 7) is 0. The number of rotatable bonds is 2. The number of aromatic nitrogens is 2. The zero-order valence-corrected chi connectivity index (χ0v) is 9.49. The molecule has 0 spiro atoms. The summed E-state index contributed by atoms with van der Waals surface area (Å²) in [4.78, 5) is 7.85. The van der Waals surface area contributed by atoms with Gasteiger partial charge in [0.15, 0.2) is 0 Å². The number of pyridine rings is 2. The molecular formula is C12H10F3N3. The maximum atomic E-state index is 12.4. The van der Waals surface area contributed by atoms with Crippen molar-refractivity contribution >= 4 is 5.69 Å². The Balaban J connectivity index is 2.34. The van der Waals surface area contributed by atoms with Gasteiger partial charge in [-0.15, -0.1) is 0 Å². The summed E-state index contributed by atoms with van der Waals surface area (Å²) in [6.07, 6.45) is -1.99. The number of anilines is 1. The highest BCUT2D eigenvalue weighted by atomic mass is 19.4. The van der Waals surface area contributed by atoms with E-state index in [-0.39, 0.29) is 0 Å². The average molecular weight is 253 g/mol. The van der Waals surface area contributed by atoms with E-state index in [4.69, 9.17) is 0 Å². The van der Waals surface area contributed by atoms with Gasteiger partial charge >= 0.3 is 6.18 Å². The lowest BCUT2D eigenvalue weighted by atomic mass is 10.2. The lowest BCUT2D eigenvalue weighted by Gasteiger charge is -2.07. The lowest BCUT2D eigenvalue weighted by molar-refractivity contribution is -0.137. The van der Waals surface area contributed by atoms with Crippen LogP contribution in [0.2, 0.25) is 0 Å². The molecule has 0 aromatic carbocycles. The van der Waals surface area contributed by atoms with Crippen LogP contribution in [0.25, 0.3) is 11.4 Å². The summed E-state index contributed by atoms with van der Waals surface area (Å²) in [7, 11) is 1.75. The number of hydrogen-bond donors (Lipinski definition) is 1. The molecule has 94 valence electrons. The predicted molar refractivity (Wildman–Crippen MR) is 62.0 cm³/mol. The fourth-order valence-electron chi connectivity index (χ4n) is 1.44. The predicted octanol–water partition coefficient (Wildman–Crippen LogP) is 3.20. The van der Waals surface area contributed by atoms with E-state index < -0.39 is 11.7 Å². The van der Waals surface area contributed by atoms with E-state index in [1.54, 1.807) is 25.4 Å². The molecule has 0 aliphatic carbocycles. The first-order valence-electron chi connectivity index (χ1n) is 5.18. The zero-order valence-electron chi connectivity index (χ0n) is 9.49. The Labute approximate surface area is 102 Å². The van der Waals surface area contributed by atoms with Crippen LogP contribution in [0.15, 0.2) is 36.7 Å². The standard InChI is InChI=1S/C12H10F3N3/c1-16-9-4-5-17-11(6-9)10-3-2-8(7-18-10)12(13,14)15/h2-7H,1H3,(H,16,17). The molecule has 2 rings (SSSR count). The fraction of sp³-hybridized carbons (Fsp3) is 0.167. The quantitative estimate of drug-likeness (QED) is 0.893. The van der Waals surface area contributed by atoms with E-state index >= 15 is 0 Å². The van der Waals surface area contributed by atoms with Crippen molar-refractivity contribution in [2.24, 2.45) is 0 Å². The van der Waals surface area contributed by atoms with Crippen LogP contribution < -0.4 is 5.32 Å². The zero-order chi connectivity index (χ0) is 13.2. The fourth-order valence-corrected chi connectivity index (χ4v) is 1.44. The second-order valence-corrected chi connectivity index (χ2v) is 3.61. The summed E-state index contributed by atoms with van der Waals surface area (Å²) < 4.78 is 37.1. The molecule has 0 unspecified atom stereocenters. The maximum absolute atomic E-state index is 12.4. The van der Waals surface area contributed by atoms with Crippen LogP contribution in [-0.2, 0) is 6.18 Å². The molecule has 0 aliphatic heterocycles. The number of alkyl halides is 3. The third-order valence-electron chi connectivity index (χ3n) is 2.40. The third-order valence-corrected chi connectivity index (χ3v) is 2.40. The number of hydrogen-bond acceptors (Lipinski definition) is 3. The van der Waals surface area contributed by atoms with Crippen molar-refractivity contribution in [1.29, 1.82) is 0 Å². The third kappa shape index (κ3) is 2.58. The van der Waals surface area contributed by atoms with Crippen molar-refractivity contribution in [2.45, 2.75) is 6.18 Å². The van der Waals surface area contributed by atoms with Crippen molar-refractivity contribution in [2.75, 3.05) is 12.4 Å². The highest BCUT2D eigenvalue weighted by molar-refractivity contribution is 5.60. The van der Waals surface area contributed by atoms with E-state index in [0.29, 0.717) is 11.4 Å². The van der Waals surface area contributed by atoms with Gasteiger partial charge in [0.1, 0.15) is 0 Å². The van der Waals surface area contributed by atoms with E-state index in [2.05, 4.69) is 15.3 Å². The highest BCUT2D eigenvalue weighted by Gasteiger charge is 2.30. The molecule has 0 amide bonds. The molecule has 3 nitrogen and oxygen atoms in total. The maximum Gasteiger partial charge on any atom is 0.417 e. The van der Waals surface area contributed by atoms with Gasteiger partial charge in [-0.2, -0.15) is 13.2 Å². The van der Waals surface area contributed by atoms with Crippen molar-refractivity contribution in [3.05, 3.63) is 42.2 Å². The Morgan fingerprint density at radius 3 is 2.39 bits per heavy atom. The molecule has 0 atom stereocenters. The minimum Gasteiger partial charge on any atom is -0.388 e. The first-order chi connectivity index (χ1) is 8.50. The normalized spacial score (nSPS) is 11.3. The van der Waals surface area contributed by atoms with Gasteiger partial charge in [0.25, 0.3) is 0 Å². The van der Waals surface area contributed by atoms with Gasteiger partial charge < -0.3 is 5.32 Å². The molecule has 0 saturated heterocycles. The minimum absolute atomic E-state index is 0.403. The molecule has 2 heterocycles. The molecule has 0 fully saturated rings. The first-order valence-corrected chi connectivity index (χ1v) is 5.18. The van der Waals surface area contributed by atoms with Crippen molar-refractivity contribution in [3.63, 3.8) is 0 Å². The molecule has 0 saturated carbocycles. The SMILES string of the molecule is CNc1ccnc(-c2ccc(C(F)(F)F)cn2)c1. The Hall–Kier alpha value is -2.11. The van der Waals surface area contributed by atoms with Gasteiger partial charge in [0.05, 0.1) is 17.0 Å². The monoisotopic (exact) mass is 253 g/mol. The summed E-state index contributed by atoms with van der Waals surface area (Å²) >= 11 is 0. The van der Waals surface area contributed by atoms with Crippen LogP contribution in [-0.4, -0.2) is 17.0 Å². The van der Waals surface area contributed by atoms with Crippen molar-refractivity contribution in [3.8, 4) is 11.4 Å². The van der Waals surface area contributed by atoms with E-state index in [1.807, 2.05) is 0 Å². The summed E-state index contributed by atoms with van der Waals surface area (Å²) in [5.74, 6) is 0. The van der Waals surface area contributed by atoms with Crippen LogP contribution >= 0.6 is 0 Å². The van der Waals surface area contributed by atoms with Gasteiger partial charge in [-0.25, -0.2) is 0 Å². The molecule has 1 N–H and O–H groups in total. The molecule has 2 aromatic heterocycles. The van der Waals surface area contributed by atoms with E-state index in [9.17, 15) is 13.2 Å². The molecule has 0 bridgehead atoms. The molecule has 0 radical (unpaired) electrons. The second-order valence-electron chi connectivity index (χ2n) is 3.61. The second kappa shape index (κ2) is 4.64. The molecule has 6 heteroatoms. The Morgan fingerprint density at radius 1 is 1.06 bits per heavy atom. The molecule has 18 heavy (non-hydrogen) atoms. The van der Waals surface area contributed by atoms with Gasteiger partial charge in [0, 0.05) is 25.1 Å². The lowest BCUT2D eigenvalue weighted by Crippen LogP contribution is -2.05. The van der Waals surface area contributed by atoms with Gasteiger partial charge in [0.2, 0.25) is 0 Å². The van der Waals surface area contributed by atoms with Crippen molar-refractivity contribution < 1.29 is 13.2 Å². The highest BCUT2D eigenvalue weighted by Crippen LogP contribution is 2.29. The largest absolute Gasteiger partial charge is 0.417 e. The minimum atomic E-state index is -4.37. The van der Waals surface area contributed by atoms with E-state index in [1.165, 1.54) is 6.07 Å². The van der Waals surface area contributed by atoms with Gasteiger partial charge in [-0.3, -0.25) is 9.97 Å². The Morgan fingerprint density at radius 2 is 1.83 bits per heavy atom. The summed E-state index contributed by atoms with van der Waals surface area (Å²) in [6, 6.07) is 5.78. The van der Waals surface area contributed by atoms with Crippen LogP contribution in [0.5, 0.6) is 0 Å². The summed E-state index contributed by atoms with van der Waals surface area (Å²) in [5, 5.41) is 2.92. The van der Waals surface area contributed by atoms with Crippen LogP contribution in [0.3, 0.4) is 0 Å². The number of nitrogens with one attached hydrogen (secondary N) is 1. The first kappa shape index (κ1) is 12.3. The van der Waals surface area contributed by atoms with Crippen molar-refractivity contribution in [1.82, 2.24) is 9.97 Å². The van der Waals surface area contributed by atoms with E-state index in [0.717, 1.165) is 18.0 Å². The van der Waals surface area contributed by atoms with Crippen LogP contribution in [0.4, 0.5) is 18.9 Å². The van der Waals surface area contributed by atoms with Crippen LogP contribution in [0, 0.1) is 0 Å². The Bertz CT molecular complexity index is 535. The summed E-state index contributed by atoms with van der Waals surface area (Å²) in [5.41, 5.74) is 0.980. The average Bonchev–Trinajstić information content (AvgIpc) is 2.38. The Kier molecular flexibility index (Phi) is 3.18. The van der Waals surface area contributed by atoms with Gasteiger partial charge in [-0.1, -0.05) is 0 Å². The van der Waals surface area contributed by atoms with Crippen LogP contribution in [0.1, 0.15) is 5.56 Å². The molecular weight excluding hydrogens is 243 g/mol. The molecule has 0 aliphatic rings. The topological polar surface area (TPSA) is 37.8 Å². The smallest absolute Gasteiger partial charge is 0.388 e. The molecule has 2 aromatic rings. The number of nitrogens with zero attached hydrogens (tertiary/aromatic N) is 2.